The summed E-state index contributed by atoms with van der Waals surface area (Å²) >= 11 is 0. The first-order valence-corrected chi connectivity index (χ1v) is 5.78. The summed E-state index contributed by atoms with van der Waals surface area (Å²) in [4.78, 5) is 27.2. The molecule has 0 aliphatic rings. The zero-order valence-corrected chi connectivity index (χ0v) is 11.0. The van der Waals surface area contributed by atoms with Crippen LogP contribution in [-0.2, 0) is 9.53 Å². The number of hydrogen-bond donors (Lipinski definition) is 1. The number of fused-ring (bicyclic) bond motifs is 1. The van der Waals surface area contributed by atoms with Gasteiger partial charge in [0, 0.05) is 23.7 Å². The molecule has 0 atom stereocenters. The number of carbonyl (C=O) groups is 2. The summed E-state index contributed by atoms with van der Waals surface area (Å²) in [6.07, 6.45) is 0. The molecule has 2 aromatic rings. The van der Waals surface area contributed by atoms with Crippen LogP contribution in [0.15, 0.2) is 24.3 Å². The molecule has 1 heterocycles. The van der Waals surface area contributed by atoms with Gasteiger partial charge in [0.05, 0.1) is 18.2 Å². The van der Waals surface area contributed by atoms with Crippen LogP contribution in [0.25, 0.3) is 10.9 Å². The number of esters is 1. The quantitative estimate of drug-likeness (QED) is 0.839. The van der Waals surface area contributed by atoms with E-state index in [0.29, 0.717) is 22.2 Å². The lowest BCUT2D eigenvalue weighted by molar-refractivity contribution is -0.114. The maximum Gasteiger partial charge on any atom is 0.338 e. The van der Waals surface area contributed by atoms with Crippen LogP contribution < -0.4 is 5.32 Å². The Morgan fingerprint density at radius 2 is 2.00 bits per heavy atom. The van der Waals surface area contributed by atoms with Gasteiger partial charge in [-0.2, -0.15) is 0 Å². The summed E-state index contributed by atoms with van der Waals surface area (Å²) < 4.78 is 4.77. The van der Waals surface area contributed by atoms with Crippen LogP contribution in [0.4, 0.5) is 5.69 Å². The minimum atomic E-state index is -0.421. The molecule has 1 aromatic heterocycles. The monoisotopic (exact) mass is 258 g/mol. The fraction of sp³-hybridized carbons (Fsp3) is 0.214. The lowest BCUT2D eigenvalue weighted by atomic mass is 10.1. The van der Waals surface area contributed by atoms with Gasteiger partial charge in [-0.1, -0.05) is 0 Å². The summed E-state index contributed by atoms with van der Waals surface area (Å²) in [5.74, 6) is -0.588. The van der Waals surface area contributed by atoms with Crippen molar-refractivity contribution in [1.82, 2.24) is 4.98 Å². The molecule has 0 aliphatic heterocycles. The van der Waals surface area contributed by atoms with Crippen molar-refractivity contribution >= 4 is 28.5 Å². The summed E-state index contributed by atoms with van der Waals surface area (Å²) in [7, 11) is 1.33. The largest absolute Gasteiger partial charge is 0.465 e. The lowest BCUT2D eigenvalue weighted by Gasteiger charge is -2.08. The number of benzene rings is 1. The van der Waals surface area contributed by atoms with Crippen molar-refractivity contribution in [2.24, 2.45) is 0 Å². The van der Waals surface area contributed by atoms with Gasteiger partial charge in [-0.25, -0.2) is 4.79 Å². The number of nitrogens with zero attached hydrogens (tertiary/aromatic N) is 1. The van der Waals surface area contributed by atoms with E-state index >= 15 is 0 Å². The molecule has 1 amide bonds. The van der Waals surface area contributed by atoms with Crippen molar-refractivity contribution in [3.63, 3.8) is 0 Å². The summed E-state index contributed by atoms with van der Waals surface area (Å²) in [5.41, 5.74) is 2.49. The predicted octanol–water partition coefficient (Wildman–Crippen LogP) is 2.29. The van der Waals surface area contributed by atoms with Crippen molar-refractivity contribution in [2.75, 3.05) is 12.4 Å². The molecule has 0 spiro atoms. The predicted molar refractivity (Wildman–Crippen MR) is 72.1 cm³/mol. The Morgan fingerprint density at radius 3 is 2.63 bits per heavy atom. The van der Waals surface area contributed by atoms with E-state index in [1.54, 1.807) is 24.3 Å². The van der Waals surface area contributed by atoms with E-state index in [-0.39, 0.29) is 5.91 Å². The first-order valence-electron chi connectivity index (χ1n) is 5.78. The molecular weight excluding hydrogens is 244 g/mol. The number of aromatic nitrogens is 1. The van der Waals surface area contributed by atoms with Gasteiger partial charge in [0.15, 0.2) is 0 Å². The van der Waals surface area contributed by atoms with E-state index in [0.717, 1.165) is 5.69 Å². The van der Waals surface area contributed by atoms with Crippen LogP contribution in [0.1, 0.15) is 23.0 Å². The Labute approximate surface area is 110 Å². The molecule has 19 heavy (non-hydrogen) atoms. The van der Waals surface area contributed by atoms with Crippen molar-refractivity contribution < 1.29 is 14.3 Å². The number of rotatable bonds is 2. The van der Waals surface area contributed by atoms with Gasteiger partial charge in [0.25, 0.3) is 0 Å². The molecule has 0 unspecified atom stereocenters. The Bertz CT molecular complexity index is 665. The van der Waals surface area contributed by atoms with Crippen molar-refractivity contribution in [3.05, 3.63) is 35.5 Å². The maximum absolute atomic E-state index is 11.8. The van der Waals surface area contributed by atoms with Crippen LogP contribution in [-0.4, -0.2) is 24.0 Å². The second kappa shape index (κ2) is 5.06. The zero-order chi connectivity index (χ0) is 14.0. The lowest BCUT2D eigenvalue weighted by Crippen LogP contribution is -2.07. The fourth-order valence-electron chi connectivity index (χ4n) is 1.92. The van der Waals surface area contributed by atoms with E-state index in [2.05, 4.69) is 10.3 Å². The summed E-state index contributed by atoms with van der Waals surface area (Å²) in [5, 5.41) is 3.33. The van der Waals surface area contributed by atoms with Gasteiger partial charge in [0.1, 0.15) is 0 Å². The molecule has 0 fully saturated rings. The van der Waals surface area contributed by atoms with Crippen molar-refractivity contribution in [2.45, 2.75) is 13.8 Å². The Hall–Kier alpha value is -2.43. The summed E-state index contributed by atoms with van der Waals surface area (Å²) in [6.45, 7) is 3.24. The number of aryl methyl sites for hydroxylation is 1. The minimum Gasteiger partial charge on any atom is -0.465 e. The van der Waals surface area contributed by atoms with E-state index < -0.39 is 5.97 Å². The van der Waals surface area contributed by atoms with Crippen LogP contribution in [0.2, 0.25) is 0 Å². The molecule has 0 bridgehead atoms. The number of hydrogen-bond acceptors (Lipinski definition) is 4. The first-order chi connectivity index (χ1) is 9.01. The second-order valence-electron chi connectivity index (χ2n) is 4.22. The molecular formula is C14H14N2O3. The molecule has 98 valence electrons. The van der Waals surface area contributed by atoms with E-state index in [1.165, 1.54) is 14.0 Å². The average molecular weight is 258 g/mol. The topological polar surface area (TPSA) is 68.3 Å². The highest BCUT2D eigenvalue weighted by atomic mass is 16.5. The zero-order valence-electron chi connectivity index (χ0n) is 11.0. The number of amides is 1. The van der Waals surface area contributed by atoms with E-state index in [1.807, 2.05) is 6.92 Å². The molecule has 5 nitrogen and oxygen atoms in total. The Morgan fingerprint density at radius 1 is 1.26 bits per heavy atom. The number of ether oxygens (including phenoxy) is 1. The molecule has 0 aliphatic carbocycles. The van der Waals surface area contributed by atoms with Crippen LogP contribution in [0.5, 0.6) is 0 Å². The number of methoxy groups -OCH3 is 1. The SMILES string of the molecule is COC(=O)c1cc(C)nc2ccc(NC(C)=O)cc12. The molecule has 1 aromatic carbocycles. The number of anilines is 1. The van der Waals surface area contributed by atoms with Gasteiger partial charge in [-0.15, -0.1) is 0 Å². The van der Waals surface area contributed by atoms with Gasteiger partial charge < -0.3 is 10.1 Å². The second-order valence-corrected chi connectivity index (χ2v) is 4.22. The Kier molecular flexibility index (Phi) is 3.46. The third kappa shape index (κ3) is 2.70. The maximum atomic E-state index is 11.8. The highest BCUT2D eigenvalue weighted by Gasteiger charge is 2.13. The van der Waals surface area contributed by atoms with Crippen LogP contribution in [0, 0.1) is 6.92 Å². The molecule has 0 saturated carbocycles. The normalized spacial score (nSPS) is 10.3. The number of pyridine rings is 1. The van der Waals surface area contributed by atoms with Crippen LogP contribution >= 0.6 is 0 Å². The first kappa shape index (κ1) is 13.0. The smallest absolute Gasteiger partial charge is 0.338 e. The third-order valence-electron chi connectivity index (χ3n) is 2.66. The van der Waals surface area contributed by atoms with E-state index in [4.69, 9.17) is 4.74 Å². The third-order valence-corrected chi connectivity index (χ3v) is 2.66. The number of nitrogens with one attached hydrogen (secondary N) is 1. The molecule has 0 saturated heterocycles. The molecule has 1 N–H and O–H groups in total. The fourth-order valence-corrected chi connectivity index (χ4v) is 1.92. The van der Waals surface area contributed by atoms with Gasteiger partial charge in [-0.3, -0.25) is 9.78 Å². The summed E-state index contributed by atoms with van der Waals surface area (Å²) in [6, 6.07) is 6.90. The van der Waals surface area contributed by atoms with Gasteiger partial charge in [0.2, 0.25) is 5.91 Å². The molecule has 0 radical (unpaired) electrons. The molecule has 5 heteroatoms. The average Bonchev–Trinajstić information content (AvgIpc) is 2.36. The van der Waals surface area contributed by atoms with Crippen molar-refractivity contribution in [1.29, 1.82) is 0 Å². The standard InChI is InChI=1S/C14H14N2O3/c1-8-6-12(14(18)19-3)11-7-10(16-9(2)17)4-5-13(11)15-8/h4-7H,1-3H3,(H,16,17). The highest BCUT2D eigenvalue weighted by molar-refractivity contribution is 6.05. The number of carbonyl (C=O) groups excluding carboxylic acids is 2. The molecule has 2 rings (SSSR count). The van der Waals surface area contributed by atoms with Gasteiger partial charge >= 0.3 is 5.97 Å². The highest BCUT2D eigenvalue weighted by Crippen LogP contribution is 2.23. The van der Waals surface area contributed by atoms with Crippen LogP contribution in [0.3, 0.4) is 0 Å². The van der Waals surface area contributed by atoms with Gasteiger partial charge in [-0.05, 0) is 31.2 Å². The Balaban J connectivity index is 2.64. The minimum absolute atomic E-state index is 0.168. The van der Waals surface area contributed by atoms with Crippen molar-refractivity contribution in [3.8, 4) is 0 Å². The van der Waals surface area contributed by atoms with E-state index in [9.17, 15) is 9.59 Å².